The summed E-state index contributed by atoms with van der Waals surface area (Å²) < 4.78 is 29.4. The van der Waals surface area contributed by atoms with Crippen LogP contribution in [0.5, 0.6) is 0 Å². The van der Waals surface area contributed by atoms with Crippen LogP contribution in [0.25, 0.3) is 0 Å². The third-order valence-electron chi connectivity index (χ3n) is 7.42. The van der Waals surface area contributed by atoms with Gasteiger partial charge in [0.05, 0.1) is 0 Å². The molecule has 0 saturated carbocycles. The van der Waals surface area contributed by atoms with E-state index in [9.17, 15) is 0 Å². The van der Waals surface area contributed by atoms with Crippen LogP contribution in [0, 0.1) is 0 Å². The highest BCUT2D eigenvalue weighted by Gasteiger charge is 2.58. The molecule has 272 valence electrons. The molecule has 0 spiro atoms. The van der Waals surface area contributed by atoms with Crippen LogP contribution in [0.15, 0.2) is 0 Å². The summed E-state index contributed by atoms with van der Waals surface area (Å²) in [4.78, 5) is 0. The van der Waals surface area contributed by atoms with E-state index in [0.29, 0.717) is 26.2 Å². The average molecular weight is 729 g/mol. The van der Waals surface area contributed by atoms with E-state index in [2.05, 4.69) is 73.6 Å². The Morgan fingerprint density at radius 3 is 0.733 bits per heavy atom. The van der Waals surface area contributed by atoms with E-state index in [-0.39, 0.29) is 0 Å². The molecule has 0 saturated heterocycles. The summed E-state index contributed by atoms with van der Waals surface area (Å²) in [6, 6.07) is 3.99. The van der Waals surface area contributed by atoms with Crippen LogP contribution in [-0.2, 0) is 16.5 Å². The summed E-state index contributed by atoms with van der Waals surface area (Å²) in [6.45, 7) is 28.0. The van der Waals surface area contributed by atoms with Gasteiger partial charge in [0.15, 0.2) is 33.3 Å². The molecular weight excluding hydrogens is 653 g/mol. The maximum absolute atomic E-state index is 7.34. The highest BCUT2D eigenvalue weighted by Crippen LogP contribution is 2.34. The van der Waals surface area contributed by atoms with Gasteiger partial charge in [-0.25, -0.2) is 0 Å². The van der Waals surface area contributed by atoms with E-state index >= 15 is 0 Å². The fourth-order valence-electron chi connectivity index (χ4n) is 5.15. The molecule has 0 aromatic heterocycles. The molecule has 0 fully saturated rings. The first-order valence-corrected chi connectivity index (χ1v) is 31.6. The molecule has 0 atom stereocenters. The predicted molar refractivity (Wildman–Crippen MR) is 205 cm³/mol. The first-order valence-electron chi connectivity index (χ1n) is 17.5. The topological polar surface area (TPSA) is 189 Å². The standard InChI is InChI=1S/C28H76N8O4Si5/c1-41(2,25-9-17-33-21-13-29)37-45(38-42(3,4)26-10-18-34-22-14-30,39-43(5,6)27-11-19-35-23-15-31)40-44(7,8)28-12-20-36-24-16-32/h33-36H,9-32H2,1-8H3. The Balaban J connectivity index is 6.28. The van der Waals surface area contributed by atoms with E-state index in [1.54, 1.807) is 0 Å². The van der Waals surface area contributed by atoms with Crippen molar-refractivity contribution in [3.05, 3.63) is 0 Å². The molecule has 0 rings (SSSR count). The second kappa shape index (κ2) is 24.7. The van der Waals surface area contributed by atoms with Gasteiger partial charge in [-0.1, -0.05) is 0 Å². The Morgan fingerprint density at radius 1 is 0.356 bits per heavy atom. The average Bonchev–Trinajstić information content (AvgIpc) is 2.91. The summed E-state index contributed by atoms with van der Waals surface area (Å²) in [5.41, 5.74) is 22.8. The van der Waals surface area contributed by atoms with E-state index in [0.717, 1.165) is 102 Å². The maximum atomic E-state index is 7.34. The van der Waals surface area contributed by atoms with Crippen LogP contribution >= 0.6 is 0 Å². The van der Waals surface area contributed by atoms with Crippen molar-refractivity contribution in [1.29, 1.82) is 0 Å². The molecule has 0 amide bonds. The minimum atomic E-state index is -3.55. The van der Waals surface area contributed by atoms with Crippen molar-refractivity contribution < 1.29 is 16.5 Å². The lowest BCUT2D eigenvalue weighted by Gasteiger charge is -2.46. The van der Waals surface area contributed by atoms with Crippen molar-refractivity contribution in [2.45, 2.75) is 102 Å². The normalized spacial score (nSPS) is 13.6. The third-order valence-corrected chi connectivity index (χ3v) is 26.5. The van der Waals surface area contributed by atoms with Crippen LogP contribution in [0.3, 0.4) is 0 Å². The summed E-state index contributed by atoms with van der Waals surface area (Å²) in [5, 5.41) is 13.7. The third kappa shape index (κ3) is 25.3. The van der Waals surface area contributed by atoms with Crippen molar-refractivity contribution in [2.75, 3.05) is 78.5 Å². The Kier molecular flexibility index (Phi) is 25.0. The molecule has 0 bridgehead atoms. The van der Waals surface area contributed by atoms with Gasteiger partial charge in [0.25, 0.3) is 0 Å². The molecule has 0 unspecified atom stereocenters. The van der Waals surface area contributed by atoms with Gasteiger partial charge >= 0.3 is 9.05 Å². The number of hydrogen-bond acceptors (Lipinski definition) is 12. The zero-order valence-electron chi connectivity index (χ0n) is 30.6. The molecule has 12 N–H and O–H groups in total. The van der Waals surface area contributed by atoms with Crippen LogP contribution in [0.2, 0.25) is 76.6 Å². The zero-order chi connectivity index (χ0) is 34.3. The van der Waals surface area contributed by atoms with Crippen LogP contribution < -0.4 is 44.2 Å². The van der Waals surface area contributed by atoms with Gasteiger partial charge in [0.1, 0.15) is 0 Å². The minimum Gasteiger partial charge on any atom is -0.396 e. The SMILES string of the molecule is C[Si](C)(CCCNCCN)O[Si](O[Si](C)(C)CCCNCCN)(O[Si](C)(C)CCCNCCN)O[Si](C)(C)CCCNCCN. The van der Waals surface area contributed by atoms with Gasteiger partial charge in [-0.15, -0.1) is 0 Å². The minimum absolute atomic E-state index is 0.646. The van der Waals surface area contributed by atoms with Crippen molar-refractivity contribution in [1.82, 2.24) is 21.3 Å². The number of nitrogens with one attached hydrogen (secondary N) is 4. The molecule has 45 heavy (non-hydrogen) atoms. The number of nitrogens with two attached hydrogens (primary N) is 4. The van der Waals surface area contributed by atoms with Gasteiger partial charge in [-0.2, -0.15) is 0 Å². The van der Waals surface area contributed by atoms with Gasteiger partial charge < -0.3 is 60.7 Å². The maximum Gasteiger partial charge on any atom is 0.636 e. The summed E-state index contributed by atoms with van der Waals surface area (Å²) >= 11 is 0. The molecule has 0 aliphatic heterocycles. The first kappa shape index (κ1) is 45.6. The summed E-state index contributed by atoms with van der Waals surface area (Å²) in [6.07, 6.45) is 4.11. The predicted octanol–water partition coefficient (Wildman–Crippen LogP) is 2.06. The molecule has 17 heteroatoms. The fraction of sp³-hybridized carbons (Fsp3) is 1.00. The highest BCUT2D eigenvalue weighted by molar-refractivity contribution is 6.92. The van der Waals surface area contributed by atoms with E-state index in [1.165, 1.54) is 0 Å². The van der Waals surface area contributed by atoms with Crippen molar-refractivity contribution in [2.24, 2.45) is 22.9 Å². The van der Waals surface area contributed by atoms with Crippen molar-refractivity contribution in [3.63, 3.8) is 0 Å². The van der Waals surface area contributed by atoms with Crippen LogP contribution in [0.4, 0.5) is 0 Å². The fourth-order valence-corrected chi connectivity index (χ4v) is 25.0. The lowest BCUT2D eigenvalue weighted by Crippen LogP contribution is -2.66. The van der Waals surface area contributed by atoms with Crippen LogP contribution in [0.1, 0.15) is 25.7 Å². The van der Waals surface area contributed by atoms with Crippen molar-refractivity contribution in [3.8, 4) is 0 Å². The second-order valence-corrected chi connectivity index (χ2v) is 34.9. The highest BCUT2D eigenvalue weighted by atomic mass is 28.5. The molecule has 0 aliphatic carbocycles. The Bertz CT molecular complexity index is 613. The van der Waals surface area contributed by atoms with E-state index in [4.69, 9.17) is 39.4 Å². The molecule has 0 aromatic rings. The van der Waals surface area contributed by atoms with Crippen molar-refractivity contribution >= 4 is 42.3 Å². The summed E-state index contributed by atoms with van der Waals surface area (Å²) in [5.74, 6) is 0. The Morgan fingerprint density at radius 2 is 0.556 bits per heavy atom. The lowest BCUT2D eigenvalue weighted by atomic mass is 10.5. The smallest absolute Gasteiger partial charge is 0.396 e. The first-order chi connectivity index (χ1) is 21.1. The molecule has 0 radical (unpaired) electrons. The van der Waals surface area contributed by atoms with E-state index < -0.39 is 42.3 Å². The number of hydrogen-bond donors (Lipinski definition) is 8. The molecule has 0 aliphatic rings. The largest absolute Gasteiger partial charge is 0.636 e. The molecule has 0 aromatic carbocycles. The summed E-state index contributed by atoms with van der Waals surface area (Å²) in [7, 11) is -12.5. The second-order valence-electron chi connectivity index (χ2n) is 14.5. The van der Waals surface area contributed by atoms with Crippen LogP contribution in [-0.4, -0.2) is 121 Å². The molecule has 0 heterocycles. The van der Waals surface area contributed by atoms with Gasteiger partial charge in [-0.3, -0.25) is 0 Å². The molecular formula is C28H76N8O4Si5. The quantitative estimate of drug-likeness (QED) is 0.0373. The van der Waals surface area contributed by atoms with Gasteiger partial charge in [0.2, 0.25) is 0 Å². The Labute approximate surface area is 282 Å². The lowest BCUT2D eigenvalue weighted by molar-refractivity contribution is 0.144. The zero-order valence-corrected chi connectivity index (χ0v) is 35.6. The van der Waals surface area contributed by atoms with Gasteiger partial charge in [-0.05, 0) is 128 Å². The van der Waals surface area contributed by atoms with E-state index in [1.807, 2.05) is 0 Å². The van der Waals surface area contributed by atoms with Gasteiger partial charge in [0, 0.05) is 52.4 Å². The Hall–Kier alpha value is 0.604. The number of rotatable bonds is 32. The monoisotopic (exact) mass is 728 g/mol. The molecule has 12 nitrogen and oxygen atoms in total.